The molecule has 0 saturated carbocycles. The highest BCUT2D eigenvalue weighted by Gasteiger charge is 2.17. The molecule has 0 amide bonds. The van der Waals surface area contributed by atoms with Crippen molar-refractivity contribution < 1.29 is 9.84 Å². The Kier molecular flexibility index (Phi) is 4.96. The van der Waals surface area contributed by atoms with Gasteiger partial charge >= 0.3 is 0 Å². The third-order valence-electron chi connectivity index (χ3n) is 2.78. The Morgan fingerprint density at radius 2 is 2.19 bits per heavy atom. The average molecular weight is 226 g/mol. The number of nitrogens with zero attached hydrogens (tertiary/aromatic N) is 2. The second kappa shape index (κ2) is 6.01. The Morgan fingerprint density at radius 3 is 2.69 bits per heavy atom. The van der Waals surface area contributed by atoms with E-state index in [0.717, 1.165) is 17.8 Å². The van der Waals surface area contributed by atoms with Crippen LogP contribution in [0.25, 0.3) is 0 Å². The summed E-state index contributed by atoms with van der Waals surface area (Å²) in [5.41, 5.74) is 2.12. The lowest BCUT2D eigenvalue weighted by Crippen LogP contribution is -2.28. The van der Waals surface area contributed by atoms with Crippen LogP contribution < -0.4 is 0 Å². The van der Waals surface area contributed by atoms with Crippen LogP contribution in [0.1, 0.15) is 32.2 Å². The number of rotatable bonds is 6. The third kappa shape index (κ3) is 3.32. The lowest BCUT2D eigenvalue weighted by Gasteiger charge is -2.18. The van der Waals surface area contributed by atoms with Crippen LogP contribution in [0.4, 0.5) is 0 Å². The summed E-state index contributed by atoms with van der Waals surface area (Å²) in [4.78, 5) is 0. The largest absolute Gasteiger partial charge is 0.390 e. The quantitative estimate of drug-likeness (QED) is 0.795. The van der Waals surface area contributed by atoms with Crippen molar-refractivity contribution >= 4 is 0 Å². The van der Waals surface area contributed by atoms with Gasteiger partial charge in [-0.25, -0.2) is 0 Å². The summed E-state index contributed by atoms with van der Waals surface area (Å²) in [6, 6.07) is 2.04. The molecule has 0 spiro atoms. The van der Waals surface area contributed by atoms with E-state index < -0.39 is 6.10 Å². The SMILES string of the molecule is CCOC(C)C(O)Cc1cc(CC)nn1C. The predicted molar refractivity (Wildman–Crippen MR) is 63.4 cm³/mol. The highest BCUT2D eigenvalue weighted by molar-refractivity contribution is 5.11. The lowest BCUT2D eigenvalue weighted by atomic mass is 10.1. The van der Waals surface area contributed by atoms with Gasteiger partial charge < -0.3 is 9.84 Å². The van der Waals surface area contributed by atoms with Crippen LogP contribution in [0.2, 0.25) is 0 Å². The molecule has 16 heavy (non-hydrogen) atoms. The number of hydrogen-bond donors (Lipinski definition) is 1. The van der Waals surface area contributed by atoms with E-state index in [-0.39, 0.29) is 6.10 Å². The molecule has 1 heterocycles. The van der Waals surface area contributed by atoms with E-state index >= 15 is 0 Å². The van der Waals surface area contributed by atoms with Gasteiger partial charge in [-0.05, 0) is 26.3 Å². The molecular formula is C12H22N2O2. The van der Waals surface area contributed by atoms with E-state index in [9.17, 15) is 5.11 Å². The zero-order valence-electron chi connectivity index (χ0n) is 10.6. The molecule has 0 radical (unpaired) electrons. The molecule has 4 nitrogen and oxygen atoms in total. The minimum atomic E-state index is -0.472. The maximum Gasteiger partial charge on any atom is 0.0854 e. The Balaban J connectivity index is 2.61. The molecule has 0 bridgehead atoms. The molecule has 92 valence electrons. The summed E-state index contributed by atoms with van der Waals surface area (Å²) < 4.78 is 7.20. The number of aliphatic hydroxyl groups excluding tert-OH is 1. The first-order chi connectivity index (χ1) is 7.58. The predicted octanol–water partition coefficient (Wildman–Crippen LogP) is 1.31. The van der Waals surface area contributed by atoms with E-state index in [4.69, 9.17) is 4.74 Å². The van der Waals surface area contributed by atoms with Crippen molar-refractivity contribution in [3.05, 3.63) is 17.5 Å². The summed E-state index contributed by atoms with van der Waals surface area (Å²) in [5, 5.41) is 14.3. The van der Waals surface area contributed by atoms with Gasteiger partial charge in [-0.1, -0.05) is 6.92 Å². The minimum Gasteiger partial charge on any atom is -0.390 e. The molecule has 1 N–H and O–H groups in total. The average Bonchev–Trinajstić information content (AvgIpc) is 2.60. The van der Waals surface area contributed by atoms with Crippen molar-refractivity contribution in [2.75, 3.05) is 6.61 Å². The normalized spacial score (nSPS) is 15.1. The van der Waals surface area contributed by atoms with Crippen molar-refractivity contribution in [3.63, 3.8) is 0 Å². The molecule has 0 saturated heterocycles. The van der Waals surface area contributed by atoms with Crippen LogP contribution in [0.3, 0.4) is 0 Å². The van der Waals surface area contributed by atoms with E-state index in [1.807, 2.05) is 31.6 Å². The zero-order valence-corrected chi connectivity index (χ0v) is 10.6. The van der Waals surface area contributed by atoms with Crippen LogP contribution in [0.5, 0.6) is 0 Å². The molecule has 4 heteroatoms. The van der Waals surface area contributed by atoms with Crippen LogP contribution in [-0.2, 0) is 24.6 Å². The van der Waals surface area contributed by atoms with Gasteiger partial charge in [-0.15, -0.1) is 0 Å². The Bertz CT molecular complexity index is 323. The van der Waals surface area contributed by atoms with E-state index in [1.165, 1.54) is 0 Å². The molecule has 2 atom stereocenters. The fraction of sp³-hybridized carbons (Fsp3) is 0.750. The maximum atomic E-state index is 9.94. The van der Waals surface area contributed by atoms with Crippen molar-refractivity contribution in [2.24, 2.45) is 7.05 Å². The Labute approximate surface area is 97.2 Å². The van der Waals surface area contributed by atoms with Gasteiger partial charge in [0.25, 0.3) is 0 Å². The highest BCUT2D eigenvalue weighted by Crippen LogP contribution is 2.10. The molecule has 1 aromatic rings. The van der Waals surface area contributed by atoms with Gasteiger partial charge in [0.05, 0.1) is 17.9 Å². The maximum absolute atomic E-state index is 9.94. The monoisotopic (exact) mass is 226 g/mol. The van der Waals surface area contributed by atoms with E-state index in [2.05, 4.69) is 12.0 Å². The summed E-state index contributed by atoms with van der Waals surface area (Å²) in [5.74, 6) is 0. The first-order valence-electron chi connectivity index (χ1n) is 5.89. The topological polar surface area (TPSA) is 47.3 Å². The van der Waals surface area contributed by atoms with Crippen LogP contribution >= 0.6 is 0 Å². The molecule has 1 rings (SSSR count). The van der Waals surface area contributed by atoms with Crippen LogP contribution in [-0.4, -0.2) is 33.7 Å². The summed E-state index contributed by atoms with van der Waals surface area (Å²) in [6.07, 6.45) is 0.903. The number of ether oxygens (including phenoxy) is 1. The molecule has 2 unspecified atom stereocenters. The first kappa shape index (κ1) is 13.2. The van der Waals surface area contributed by atoms with Crippen molar-refractivity contribution in [1.82, 2.24) is 9.78 Å². The molecule has 0 fully saturated rings. The van der Waals surface area contributed by atoms with Crippen molar-refractivity contribution in [3.8, 4) is 0 Å². The zero-order chi connectivity index (χ0) is 12.1. The van der Waals surface area contributed by atoms with Gasteiger partial charge in [0, 0.05) is 25.8 Å². The van der Waals surface area contributed by atoms with Gasteiger partial charge in [-0.3, -0.25) is 4.68 Å². The molecular weight excluding hydrogens is 204 g/mol. The summed E-state index contributed by atoms with van der Waals surface area (Å²) >= 11 is 0. The van der Waals surface area contributed by atoms with Crippen LogP contribution in [0.15, 0.2) is 6.07 Å². The standard InChI is InChI=1S/C12H22N2O2/c1-5-10-7-11(14(4)13-10)8-12(15)9(3)16-6-2/h7,9,12,15H,5-6,8H2,1-4H3. The van der Waals surface area contributed by atoms with E-state index in [0.29, 0.717) is 13.0 Å². The fourth-order valence-electron chi connectivity index (χ4n) is 1.69. The van der Waals surface area contributed by atoms with Crippen molar-refractivity contribution in [2.45, 2.75) is 45.8 Å². The van der Waals surface area contributed by atoms with Gasteiger partial charge in [0.2, 0.25) is 0 Å². The highest BCUT2D eigenvalue weighted by atomic mass is 16.5. The number of aryl methyl sites for hydroxylation is 2. The molecule has 0 aliphatic carbocycles. The fourth-order valence-corrected chi connectivity index (χ4v) is 1.69. The minimum absolute atomic E-state index is 0.134. The van der Waals surface area contributed by atoms with Gasteiger partial charge in [-0.2, -0.15) is 5.10 Å². The van der Waals surface area contributed by atoms with E-state index in [1.54, 1.807) is 0 Å². The Morgan fingerprint density at radius 1 is 1.50 bits per heavy atom. The Hall–Kier alpha value is -0.870. The molecule has 1 aromatic heterocycles. The second-order valence-electron chi connectivity index (χ2n) is 4.04. The molecule has 0 aliphatic rings. The smallest absolute Gasteiger partial charge is 0.0854 e. The van der Waals surface area contributed by atoms with Crippen molar-refractivity contribution in [1.29, 1.82) is 0 Å². The number of aromatic nitrogens is 2. The summed E-state index contributed by atoms with van der Waals surface area (Å²) in [7, 11) is 1.91. The lowest BCUT2D eigenvalue weighted by molar-refractivity contribution is -0.0215. The third-order valence-corrected chi connectivity index (χ3v) is 2.78. The molecule has 0 aromatic carbocycles. The second-order valence-corrected chi connectivity index (χ2v) is 4.04. The number of hydrogen-bond acceptors (Lipinski definition) is 3. The first-order valence-corrected chi connectivity index (χ1v) is 5.89. The number of aliphatic hydroxyl groups is 1. The molecule has 0 aliphatic heterocycles. The summed E-state index contributed by atoms with van der Waals surface area (Å²) in [6.45, 7) is 6.53. The van der Waals surface area contributed by atoms with Gasteiger partial charge in [0.1, 0.15) is 0 Å². The van der Waals surface area contributed by atoms with Crippen LogP contribution in [0, 0.1) is 0 Å². The van der Waals surface area contributed by atoms with Gasteiger partial charge in [0.15, 0.2) is 0 Å².